The molecular weight excluding hydrogens is 322 g/mol. The molecule has 0 radical (unpaired) electrons. The van der Waals surface area contributed by atoms with Crippen molar-refractivity contribution in [2.75, 3.05) is 19.5 Å². The molecule has 0 bridgehead atoms. The highest BCUT2D eigenvalue weighted by molar-refractivity contribution is 5.94. The second-order valence-corrected chi connectivity index (χ2v) is 5.44. The number of hydrogen-bond acceptors (Lipinski definition) is 6. The number of H-pyrrole nitrogens is 1. The molecule has 25 heavy (non-hydrogen) atoms. The zero-order valence-electron chi connectivity index (χ0n) is 13.9. The van der Waals surface area contributed by atoms with E-state index in [4.69, 9.17) is 15.2 Å². The van der Waals surface area contributed by atoms with Crippen LogP contribution in [-0.4, -0.2) is 41.1 Å². The van der Waals surface area contributed by atoms with E-state index in [9.17, 15) is 4.79 Å². The van der Waals surface area contributed by atoms with Crippen LogP contribution in [0.3, 0.4) is 0 Å². The van der Waals surface area contributed by atoms with Gasteiger partial charge in [0.05, 0.1) is 26.3 Å². The average molecular weight is 341 g/mol. The number of fused-ring (bicyclic) bond motifs is 1. The number of carbonyl (C=O) groups excluding carboxylic acids is 1. The van der Waals surface area contributed by atoms with Gasteiger partial charge in [0.25, 0.3) is 0 Å². The topological polar surface area (TPSA) is 115 Å². The Hall–Kier alpha value is -3.13. The van der Waals surface area contributed by atoms with Crippen molar-refractivity contribution < 1.29 is 14.3 Å². The van der Waals surface area contributed by atoms with E-state index in [1.807, 2.05) is 30.5 Å². The van der Waals surface area contributed by atoms with E-state index in [0.717, 1.165) is 16.5 Å². The Labute approximate surface area is 144 Å². The smallest absolute Gasteiger partial charge is 0.243 e. The van der Waals surface area contributed by atoms with E-state index < -0.39 is 6.04 Å². The SMILES string of the molecule is COc1cc(OC)nc(NC(=O)[C@@H](N)Cc2c[nH]c3ccccc23)n1. The number of hydrogen-bond donors (Lipinski definition) is 3. The molecule has 1 aromatic carbocycles. The molecule has 0 aliphatic heterocycles. The number of para-hydroxylation sites is 1. The first kappa shape index (κ1) is 16.7. The number of rotatable bonds is 6. The number of ether oxygens (including phenoxy) is 2. The van der Waals surface area contributed by atoms with Crippen LogP contribution >= 0.6 is 0 Å². The molecule has 2 heterocycles. The van der Waals surface area contributed by atoms with Crippen LogP contribution in [0.1, 0.15) is 5.56 Å². The molecule has 0 saturated carbocycles. The van der Waals surface area contributed by atoms with Gasteiger partial charge < -0.3 is 20.2 Å². The summed E-state index contributed by atoms with van der Waals surface area (Å²) < 4.78 is 10.1. The normalized spacial score (nSPS) is 12.0. The van der Waals surface area contributed by atoms with Crippen molar-refractivity contribution in [1.29, 1.82) is 0 Å². The van der Waals surface area contributed by atoms with Gasteiger partial charge in [-0.2, -0.15) is 9.97 Å². The third-order valence-electron chi connectivity index (χ3n) is 3.78. The highest BCUT2D eigenvalue weighted by atomic mass is 16.5. The Morgan fingerprint density at radius 3 is 2.60 bits per heavy atom. The van der Waals surface area contributed by atoms with Gasteiger partial charge in [0.1, 0.15) is 0 Å². The van der Waals surface area contributed by atoms with Crippen molar-refractivity contribution in [2.45, 2.75) is 12.5 Å². The van der Waals surface area contributed by atoms with Crippen molar-refractivity contribution in [3.05, 3.63) is 42.1 Å². The monoisotopic (exact) mass is 341 g/mol. The third kappa shape index (κ3) is 3.69. The van der Waals surface area contributed by atoms with Gasteiger partial charge >= 0.3 is 0 Å². The van der Waals surface area contributed by atoms with Crippen LogP contribution in [0.4, 0.5) is 5.95 Å². The summed E-state index contributed by atoms with van der Waals surface area (Å²) >= 11 is 0. The summed E-state index contributed by atoms with van der Waals surface area (Å²) in [6.07, 6.45) is 2.25. The lowest BCUT2D eigenvalue weighted by Gasteiger charge is -2.12. The van der Waals surface area contributed by atoms with E-state index in [-0.39, 0.29) is 23.6 Å². The maximum Gasteiger partial charge on any atom is 0.243 e. The van der Waals surface area contributed by atoms with Crippen molar-refractivity contribution >= 4 is 22.8 Å². The van der Waals surface area contributed by atoms with Gasteiger partial charge in [-0.3, -0.25) is 10.1 Å². The lowest BCUT2D eigenvalue weighted by molar-refractivity contribution is -0.117. The Kier molecular flexibility index (Phi) is 4.80. The molecule has 0 spiro atoms. The van der Waals surface area contributed by atoms with Gasteiger partial charge in [-0.1, -0.05) is 18.2 Å². The Balaban J connectivity index is 1.72. The number of benzene rings is 1. The summed E-state index contributed by atoms with van der Waals surface area (Å²) in [5.41, 5.74) is 8.02. The lowest BCUT2D eigenvalue weighted by Crippen LogP contribution is -2.37. The maximum absolute atomic E-state index is 12.4. The number of anilines is 1. The van der Waals surface area contributed by atoms with E-state index >= 15 is 0 Å². The first-order valence-electron chi connectivity index (χ1n) is 7.69. The molecule has 0 aliphatic carbocycles. The maximum atomic E-state index is 12.4. The van der Waals surface area contributed by atoms with Crippen LogP contribution < -0.4 is 20.5 Å². The molecule has 0 aliphatic rings. The molecular formula is C17H19N5O3. The Morgan fingerprint density at radius 1 is 1.24 bits per heavy atom. The second kappa shape index (κ2) is 7.18. The lowest BCUT2D eigenvalue weighted by atomic mass is 10.1. The van der Waals surface area contributed by atoms with Gasteiger partial charge in [-0.25, -0.2) is 0 Å². The van der Waals surface area contributed by atoms with Crippen molar-refractivity contribution in [3.8, 4) is 11.8 Å². The average Bonchev–Trinajstić information content (AvgIpc) is 3.04. The van der Waals surface area contributed by atoms with Crippen molar-refractivity contribution in [1.82, 2.24) is 15.0 Å². The van der Waals surface area contributed by atoms with Gasteiger partial charge in [-0.15, -0.1) is 0 Å². The Bertz CT molecular complexity index is 871. The zero-order chi connectivity index (χ0) is 17.8. The summed E-state index contributed by atoms with van der Waals surface area (Å²) in [7, 11) is 2.94. The Morgan fingerprint density at radius 2 is 1.92 bits per heavy atom. The molecule has 3 rings (SSSR count). The number of aromatic nitrogens is 3. The van der Waals surface area contributed by atoms with Crippen molar-refractivity contribution in [2.24, 2.45) is 5.73 Å². The summed E-state index contributed by atoms with van der Waals surface area (Å²) in [6, 6.07) is 8.62. The minimum atomic E-state index is -0.750. The first-order chi connectivity index (χ1) is 12.1. The molecule has 130 valence electrons. The number of methoxy groups -OCH3 is 2. The van der Waals surface area contributed by atoms with Crippen LogP contribution in [0.25, 0.3) is 10.9 Å². The fraction of sp³-hybridized carbons (Fsp3) is 0.235. The summed E-state index contributed by atoms with van der Waals surface area (Å²) in [4.78, 5) is 23.7. The number of amides is 1. The quantitative estimate of drug-likeness (QED) is 0.625. The van der Waals surface area contributed by atoms with E-state index in [1.54, 1.807) is 0 Å². The zero-order valence-corrected chi connectivity index (χ0v) is 13.9. The van der Waals surface area contributed by atoms with Crippen LogP contribution in [0, 0.1) is 0 Å². The number of aromatic amines is 1. The number of nitrogens with two attached hydrogens (primary N) is 1. The van der Waals surface area contributed by atoms with Gasteiger partial charge in [0.15, 0.2) is 0 Å². The predicted molar refractivity (Wildman–Crippen MR) is 93.7 cm³/mol. The molecule has 8 heteroatoms. The molecule has 1 atom stereocenters. The standard InChI is InChI=1S/C17H19N5O3/c1-24-14-8-15(25-2)21-17(20-14)22-16(23)12(18)7-10-9-19-13-6-4-3-5-11(10)13/h3-6,8-9,12,19H,7,18H2,1-2H3,(H,20,21,22,23)/t12-/m0/s1. The predicted octanol–water partition coefficient (Wildman–Crippen LogP) is 1.48. The number of carbonyl (C=O) groups is 1. The fourth-order valence-electron chi connectivity index (χ4n) is 2.50. The van der Waals surface area contributed by atoms with Crippen LogP contribution in [0.5, 0.6) is 11.8 Å². The van der Waals surface area contributed by atoms with Gasteiger partial charge in [-0.05, 0) is 18.1 Å². The largest absolute Gasteiger partial charge is 0.481 e. The number of nitrogens with zero attached hydrogens (tertiary/aromatic N) is 2. The summed E-state index contributed by atoms with van der Waals surface area (Å²) in [5, 5.41) is 3.64. The summed E-state index contributed by atoms with van der Waals surface area (Å²) in [5.74, 6) is 0.260. The van der Waals surface area contributed by atoms with Crippen LogP contribution in [-0.2, 0) is 11.2 Å². The van der Waals surface area contributed by atoms with E-state index in [0.29, 0.717) is 6.42 Å². The van der Waals surface area contributed by atoms with Crippen molar-refractivity contribution in [3.63, 3.8) is 0 Å². The molecule has 0 unspecified atom stereocenters. The number of nitrogens with one attached hydrogen (secondary N) is 2. The minimum Gasteiger partial charge on any atom is -0.481 e. The second-order valence-electron chi connectivity index (χ2n) is 5.44. The molecule has 0 fully saturated rings. The third-order valence-corrected chi connectivity index (χ3v) is 3.78. The molecule has 4 N–H and O–H groups in total. The van der Waals surface area contributed by atoms with Gasteiger partial charge in [0, 0.05) is 17.1 Å². The summed E-state index contributed by atoms with van der Waals surface area (Å²) in [6.45, 7) is 0. The highest BCUT2D eigenvalue weighted by Crippen LogP contribution is 2.20. The molecule has 2 aromatic heterocycles. The molecule has 1 amide bonds. The van der Waals surface area contributed by atoms with E-state index in [2.05, 4.69) is 20.3 Å². The minimum absolute atomic E-state index is 0.0792. The van der Waals surface area contributed by atoms with E-state index in [1.165, 1.54) is 20.3 Å². The fourth-order valence-corrected chi connectivity index (χ4v) is 2.50. The highest BCUT2D eigenvalue weighted by Gasteiger charge is 2.18. The molecule has 3 aromatic rings. The van der Waals surface area contributed by atoms with Crippen LogP contribution in [0.2, 0.25) is 0 Å². The first-order valence-corrected chi connectivity index (χ1v) is 7.69. The van der Waals surface area contributed by atoms with Gasteiger partial charge in [0.2, 0.25) is 23.6 Å². The van der Waals surface area contributed by atoms with Crippen LogP contribution in [0.15, 0.2) is 36.5 Å². The molecule has 8 nitrogen and oxygen atoms in total. The molecule has 0 saturated heterocycles.